The molecule has 0 atom stereocenters. The molecule has 7 heteroatoms. The van der Waals surface area contributed by atoms with E-state index < -0.39 is 0 Å². The van der Waals surface area contributed by atoms with Crippen molar-refractivity contribution in [3.05, 3.63) is 70.8 Å². The van der Waals surface area contributed by atoms with Crippen molar-refractivity contribution in [3.63, 3.8) is 0 Å². The molecule has 1 aliphatic heterocycles. The third kappa shape index (κ3) is 4.57. The van der Waals surface area contributed by atoms with Gasteiger partial charge in [0.25, 0.3) is 0 Å². The van der Waals surface area contributed by atoms with E-state index in [-0.39, 0.29) is 0 Å². The van der Waals surface area contributed by atoms with Crippen LogP contribution in [0.2, 0.25) is 0 Å². The van der Waals surface area contributed by atoms with E-state index in [9.17, 15) is 0 Å². The molecule has 3 aromatic rings. The van der Waals surface area contributed by atoms with Gasteiger partial charge in [0.2, 0.25) is 4.77 Å². The van der Waals surface area contributed by atoms with Crippen molar-refractivity contribution in [1.82, 2.24) is 14.3 Å². The lowest BCUT2D eigenvalue weighted by Gasteiger charge is -2.33. The van der Waals surface area contributed by atoms with Crippen LogP contribution >= 0.6 is 12.2 Å². The highest BCUT2D eigenvalue weighted by atomic mass is 32.1. The number of piperazine rings is 1. The summed E-state index contributed by atoms with van der Waals surface area (Å²) in [7, 11) is 1.70. The minimum absolute atomic E-state index is 0.811. The van der Waals surface area contributed by atoms with Gasteiger partial charge in [-0.25, -0.2) is 0 Å². The molecule has 1 N–H and O–H groups in total. The van der Waals surface area contributed by atoms with Crippen LogP contribution in [0.3, 0.4) is 0 Å². The average molecular weight is 425 g/mol. The number of nitrogens with zero attached hydrogens (tertiary/aromatic N) is 4. The van der Waals surface area contributed by atoms with Crippen LogP contribution in [-0.2, 0) is 19.6 Å². The van der Waals surface area contributed by atoms with Crippen LogP contribution in [0, 0.1) is 4.77 Å². The van der Waals surface area contributed by atoms with Crippen molar-refractivity contribution in [2.24, 2.45) is 0 Å². The SMILES string of the molecule is CCn1c(Cc2ccccc2)nn(C[NH+]2CCN(c3ccc(OC)cc3)CC2)c1=S. The summed E-state index contributed by atoms with van der Waals surface area (Å²) in [6.07, 6.45) is 0.811. The highest BCUT2D eigenvalue weighted by Crippen LogP contribution is 2.19. The Balaban J connectivity index is 1.40. The van der Waals surface area contributed by atoms with E-state index in [1.807, 2.05) is 22.9 Å². The Kier molecular flexibility index (Phi) is 6.50. The summed E-state index contributed by atoms with van der Waals surface area (Å²) in [5, 5.41) is 4.89. The zero-order valence-electron chi connectivity index (χ0n) is 17.8. The third-order valence-electron chi connectivity index (χ3n) is 5.80. The molecule has 0 radical (unpaired) electrons. The predicted octanol–water partition coefficient (Wildman–Crippen LogP) is 2.40. The summed E-state index contributed by atoms with van der Waals surface area (Å²) in [5.74, 6) is 1.94. The molecule has 0 bridgehead atoms. The lowest BCUT2D eigenvalue weighted by atomic mass is 10.1. The Hall–Kier alpha value is -2.64. The lowest BCUT2D eigenvalue weighted by Crippen LogP contribution is -3.14. The Bertz CT molecular complexity index is 1000. The number of hydrogen-bond donors (Lipinski definition) is 1. The Morgan fingerprint density at radius 1 is 1.03 bits per heavy atom. The molecular weight excluding hydrogens is 394 g/mol. The first kappa shape index (κ1) is 20.6. The molecule has 0 aliphatic carbocycles. The van der Waals surface area contributed by atoms with E-state index in [1.54, 1.807) is 7.11 Å². The number of rotatable bonds is 7. The van der Waals surface area contributed by atoms with Crippen molar-refractivity contribution in [1.29, 1.82) is 0 Å². The van der Waals surface area contributed by atoms with Crippen molar-refractivity contribution < 1.29 is 9.64 Å². The van der Waals surface area contributed by atoms with Gasteiger partial charge in [0, 0.05) is 18.7 Å². The predicted molar refractivity (Wildman–Crippen MR) is 122 cm³/mol. The minimum Gasteiger partial charge on any atom is -0.497 e. The van der Waals surface area contributed by atoms with Gasteiger partial charge in [-0.1, -0.05) is 30.3 Å². The van der Waals surface area contributed by atoms with Gasteiger partial charge in [-0.05, 0) is 49.0 Å². The fourth-order valence-corrected chi connectivity index (χ4v) is 4.40. The molecule has 2 heterocycles. The van der Waals surface area contributed by atoms with Crippen LogP contribution in [0.1, 0.15) is 18.3 Å². The Morgan fingerprint density at radius 3 is 2.37 bits per heavy atom. The maximum atomic E-state index is 5.75. The maximum Gasteiger partial charge on any atom is 0.202 e. The van der Waals surface area contributed by atoms with Crippen LogP contribution in [-0.4, -0.2) is 47.6 Å². The molecule has 1 aromatic heterocycles. The number of hydrogen-bond acceptors (Lipinski definition) is 4. The molecule has 4 rings (SSSR count). The molecule has 0 amide bonds. The summed E-state index contributed by atoms with van der Waals surface area (Å²) in [6, 6.07) is 18.8. The number of benzene rings is 2. The fourth-order valence-electron chi connectivity index (χ4n) is 4.06. The van der Waals surface area contributed by atoms with Crippen molar-refractivity contribution in [2.75, 3.05) is 38.2 Å². The summed E-state index contributed by atoms with van der Waals surface area (Å²) in [4.78, 5) is 3.95. The molecule has 30 heavy (non-hydrogen) atoms. The molecule has 1 fully saturated rings. The summed E-state index contributed by atoms with van der Waals surface area (Å²) in [6.45, 7) is 8.00. The van der Waals surface area contributed by atoms with Gasteiger partial charge >= 0.3 is 0 Å². The third-order valence-corrected chi connectivity index (χ3v) is 6.23. The summed E-state index contributed by atoms with van der Waals surface area (Å²) >= 11 is 5.75. The summed E-state index contributed by atoms with van der Waals surface area (Å²) in [5.41, 5.74) is 2.52. The highest BCUT2D eigenvalue weighted by Gasteiger charge is 2.22. The molecule has 0 saturated carbocycles. The van der Waals surface area contributed by atoms with Crippen molar-refractivity contribution in [3.8, 4) is 5.75 Å². The second-order valence-corrected chi connectivity index (χ2v) is 8.06. The van der Waals surface area contributed by atoms with Crippen LogP contribution < -0.4 is 14.5 Å². The topological polar surface area (TPSA) is 39.7 Å². The van der Waals surface area contributed by atoms with Crippen molar-refractivity contribution >= 4 is 17.9 Å². The molecule has 2 aromatic carbocycles. The highest BCUT2D eigenvalue weighted by molar-refractivity contribution is 7.71. The van der Waals surface area contributed by atoms with E-state index in [1.165, 1.54) is 16.2 Å². The van der Waals surface area contributed by atoms with Crippen LogP contribution in [0.25, 0.3) is 0 Å². The number of methoxy groups -OCH3 is 1. The zero-order valence-corrected chi connectivity index (χ0v) is 18.6. The van der Waals surface area contributed by atoms with Gasteiger partial charge in [0.1, 0.15) is 11.6 Å². The first-order valence-corrected chi connectivity index (χ1v) is 11.0. The second kappa shape index (κ2) is 9.45. The van der Waals surface area contributed by atoms with Gasteiger partial charge in [-0.15, -0.1) is 0 Å². The molecule has 1 saturated heterocycles. The van der Waals surface area contributed by atoms with Crippen LogP contribution in [0.4, 0.5) is 5.69 Å². The molecular formula is C23H30N5OS+. The average Bonchev–Trinajstić information content (AvgIpc) is 3.08. The van der Waals surface area contributed by atoms with Gasteiger partial charge < -0.3 is 19.1 Å². The number of quaternary nitrogens is 1. The fraction of sp³-hybridized carbons (Fsp3) is 0.391. The van der Waals surface area contributed by atoms with Crippen LogP contribution in [0.15, 0.2) is 54.6 Å². The molecule has 1 aliphatic rings. The number of nitrogens with one attached hydrogen (secondary N) is 1. The van der Waals surface area contributed by atoms with E-state index in [0.717, 1.165) is 62.2 Å². The molecule has 6 nitrogen and oxygen atoms in total. The van der Waals surface area contributed by atoms with Crippen molar-refractivity contribution in [2.45, 2.75) is 26.6 Å². The van der Waals surface area contributed by atoms with E-state index in [2.05, 4.69) is 52.8 Å². The maximum absolute atomic E-state index is 5.75. The largest absolute Gasteiger partial charge is 0.497 e. The van der Waals surface area contributed by atoms with E-state index >= 15 is 0 Å². The Labute approximate surface area is 183 Å². The Morgan fingerprint density at radius 2 is 1.73 bits per heavy atom. The lowest BCUT2D eigenvalue weighted by molar-refractivity contribution is -0.924. The second-order valence-electron chi connectivity index (χ2n) is 7.70. The minimum atomic E-state index is 0.811. The van der Waals surface area contributed by atoms with Gasteiger partial charge in [-0.2, -0.15) is 9.78 Å². The molecule has 158 valence electrons. The van der Waals surface area contributed by atoms with E-state index in [0.29, 0.717) is 0 Å². The van der Waals surface area contributed by atoms with E-state index in [4.69, 9.17) is 22.1 Å². The number of anilines is 1. The first-order valence-electron chi connectivity index (χ1n) is 10.6. The normalized spacial score (nSPS) is 14.8. The monoisotopic (exact) mass is 424 g/mol. The smallest absolute Gasteiger partial charge is 0.202 e. The van der Waals surface area contributed by atoms with Gasteiger partial charge in [0.15, 0.2) is 6.67 Å². The molecule has 0 unspecified atom stereocenters. The van der Waals surface area contributed by atoms with Crippen LogP contribution in [0.5, 0.6) is 5.75 Å². The van der Waals surface area contributed by atoms with Gasteiger partial charge in [0.05, 0.1) is 33.3 Å². The standard InChI is InChI=1S/C23H29N5OS/c1-3-27-22(17-19-7-5-4-6-8-19)24-28(23(27)30)18-25-13-15-26(16-14-25)20-9-11-21(29-2)12-10-20/h4-12H,3,13-18H2,1-2H3/p+1. The molecule has 0 spiro atoms. The number of ether oxygens (including phenoxy) is 1. The zero-order chi connectivity index (χ0) is 20.9. The quantitative estimate of drug-likeness (QED) is 0.592. The summed E-state index contributed by atoms with van der Waals surface area (Å²) < 4.78 is 10.3. The first-order chi connectivity index (χ1) is 14.7. The van der Waals surface area contributed by atoms with Gasteiger partial charge in [-0.3, -0.25) is 0 Å². The number of aromatic nitrogens is 3.